The Morgan fingerprint density at radius 2 is 2.22 bits per heavy atom. The number of alkyl halides is 3. The molecule has 0 saturated carbocycles. The van der Waals surface area contributed by atoms with Crippen LogP contribution in [0.5, 0.6) is 0 Å². The number of carbonyl (C=O) groups excluding carboxylic acids is 1. The van der Waals surface area contributed by atoms with E-state index in [4.69, 9.17) is 0 Å². The number of amides is 1. The zero-order valence-electron chi connectivity index (χ0n) is 11.8. The van der Waals surface area contributed by atoms with Gasteiger partial charge in [0.15, 0.2) is 6.04 Å². The highest BCUT2D eigenvalue weighted by Gasteiger charge is 2.43. The SMILES string of the molecule is O=C(NC(c1cccnc1)C(F)(F)F)C1=C2C=CC=CN2CN1. The van der Waals surface area contributed by atoms with Gasteiger partial charge in [0, 0.05) is 24.2 Å². The molecule has 1 amide bonds. The predicted molar refractivity (Wildman–Crippen MR) is 76.3 cm³/mol. The van der Waals surface area contributed by atoms with Gasteiger partial charge in [-0.3, -0.25) is 9.78 Å². The molecule has 0 aromatic carbocycles. The van der Waals surface area contributed by atoms with Crippen molar-refractivity contribution >= 4 is 5.91 Å². The van der Waals surface area contributed by atoms with E-state index in [1.807, 2.05) is 5.32 Å². The molecule has 2 aliphatic rings. The third-order valence-electron chi connectivity index (χ3n) is 3.47. The first-order valence-electron chi connectivity index (χ1n) is 6.84. The number of carbonyl (C=O) groups is 1. The first-order chi connectivity index (χ1) is 11.0. The zero-order valence-corrected chi connectivity index (χ0v) is 11.8. The van der Waals surface area contributed by atoms with E-state index in [0.717, 1.165) is 6.20 Å². The lowest BCUT2D eigenvalue weighted by atomic mass is 10.1. The van der Waals surface area contributed by atoms with Gasteiger partial charge in [-0.1, -0.05) is 12.1 Å². The molecule has 0 fully saturated rings. The van der Waals surface area contributed by atoms with Crippen molar-refractivity contribution in [1.29, 1.82) is 0 Å². The highest BCUT2D eigenvalue weighted by molar-refractivity contribution is 5.95. The summed E-state index contributed by atoms with van der Waals surface area (Å²) in [6.07, 6.45) is 4.75. The average molecular weight is 322 g/mol. The van der Waals surface area contributed by atoms with Crippen LogP contribution in [0, 0.1) is 0 Å². The smallest absolute Gasteiger partial charge is 0.361 e. The van der Waals surface area contributed by atoms with E-state index in [9.17, 15) is 18.0 Å². The van der Waals surface area contributed by atoms with Gasteiger partial charge in [0.2, 0.25) is 0 Å². The Balaban J connectivity index is 1.85. The minimum atomic E-state index is -4.62. The van der Waals surface area contributed by atoms with Gasteiger partial charge in [0.1, 0.15) is 5.70 Å². The van der Waals surface area contributed by atoms with Crippen LogP contribution in [0.2, 0.25) is 0 Å². The molecule has 1 aromatic rings. The van der Waals surface area contributed by atoms with Gasteiger partial charge in [-0.05, 0) is 18.2 Å². The van der Waals surface area contributed by atoms with Crippen molar-refractivity contribution in [2.45, 2.75) is 12.2 Å². The zero-order chi connectivity index (χ0) is 16.4. The molecule has 1 aromatic heterocycles. The fourth-order valence-corrected chi connectivity index (χ4v) is 2.40. The van der Waals surface area contributed by atoms with Gasteiger partial charge in [-0.15, -0.1) is 0 Å². The molecule has 0 spiro atoms. The normalized spacial score (nSPS) is 17.8. The summed E-state index contributed by atoms with van der Waals surface area (Å²) in [5, 5.41) is 4.85. The van der Waals surface area contributed by atoms with Crippen LogP contribution in [0.1, 0.15) is 11.6 Å². The second-order valence-electron chi connectivity index (χ2n) is 5.00. The maximum atomic E-state index is 13.3. The molecule has 3 rings (SSSR count). The third-order valence-corrected chi connectivity index (χ3v) is 3.47. The van der Waals surface area contributed by atoms with Crippen LogP contribution in [-0.4, -0.2) is 28.6 Å². The van der Waals surface area contributed by atoms with Crippen molar-refractivity contribution in [3.63, 3.8) is 0 Å². The number of aromatic nitrogens is 1. The van der Waals surface area contributed by atoms with Gasteiger partial charge >= 0.3 is 6.18 Å². The van der Waals surface area contributed by atoms with Crippen molar-refractivity contribution in [1.82, 2.24) is 20.5 Å². The molecule has 0 saturated heterocycles. The molecule has 120 valence electrons. The molecule has 5 nitrogen and oxygen atoms in total. The van der Waals surface area contributed by atoms with Crippen molar-refractivity contribution in [3.8, 4) is 0 Å². The summed E-state index contributed by atoms with van der Waals surface area (Å²) in [4.78, 5) is 17.7. The number of hydrogen-bond acceptors (Lipinski definition) is 4. The first-order valence-corrected chi connectivity index (χ1v) is 6.84. The topological polar surface area (TPSA) is 57.3 Å². The fourth-order valence-electron chi connectivity index (χ4n) is 2.40. The summed E-state index contributed by atoms with van der Waals surface area (Å²) in [6.45, 7) is 0.336. The van der Waals surface area contributed by atoms with Crippen molar-refractivity contribution in [2.75, 3.05) is 6.67 Å². The molecule has 0 radical (unpaired) electrons. The van der Waals surface area contributed by atoms with Gasteiger partial charge in [-0.25, -0.2) is 0 Å². The van der Waals surface area contributed by atoms with Crippen LogP contribution in [0.15, 0.2) is 60.3 Å². The number of halogens is 3. The number of nitrogens with zero attached hydrogens (tertiary/aromatic N) is 2. The summed E-state index contributed by atoms with van der Waals surface area (Å²) in [5.41, 5.74) is 0.536. The Morgan fingerprint density at radius 3 is 2.91 bits per heavy atom. The van der Waals surface area contributed by atoms with Crippen LogP contribution < -0.4 is 10.6 Å². The number of nitrogens with one attached hydrogen (secondary N) is 2. The van der Waals surface area contributed by atoms with Crippen LogP contribution >= 0.6 is 0 Å². The van der Waals surface area contributed by atoms with Gasteiger partial charge in [0.05, 0.1) is 12.4 Å². The molecule has 3 heterocycles. The van der Waals surface area contributed by atoms with Crippen LogP contribution in [0.3, 0.4) is 0 Å². The maximum absolute atomic E-state index is 13.3. The average Bonchev–Trinajstić information content (AvgIpc) is 2.96. The maximum Gasteiger partial charge on any atom is 0.412 e. The molecule has 0 bridgehead atoms. The van der Waals surface area contributed by atoms with E-state index in [-0.39, 0.29) is 11.3 Å². The quantitative estimate of drug-likeness (QED) is 0.893. The van der Waals surface area contributed by atoms with E-state index in [1.165, 1.54) is 18.3 Å². The van der Waals surface area contributed by atoms with Gasteiger partial charge < -0.3 is 15.5 Å². The largest absolute Gasteiger partial charge is 0.412 e. The second-order valence-corrected chi connectivity index (χ2v) is 5.00. The number of fused-ring (bicyclic) bond motifs is 1. The molecule has 1 unspecified atom stereocenters. The Bertz CT molecular complexity index is 694. The fraction of sp³-hybridized carbons (Fsp3) is 0.200. The van der Waals surface area contributed by atoms with E-state index in [0.29, 0.717) is 12.4 Å². The number of allylic oxidation sites excluding steroid dienone is 3. The first kappa shape index (κ1) is 15.1. The molecular weight excluding hydrogens is 309 g/mol. The minimum Gasteiger partial charge on any atom is -0.361 e. The van der Waals surface area contributed by atoms with E-state index < -0.39 is 18.1 Å². The summed E-state index contributed by atoms with van der Waals surface area (Å²) >= 11 is 0. The lowest BCUT2D eigenvalue weighted by Gasteiger charge is -2.22. The molecule has 2 N–H and O–H groups in total. The highest BCUT2D eigenvalue weighted by atomic mass is 19.4. The van der Waals surface area contributed by atoms with Crippen molar-refractivity contribution in [2.24, 2.45) is 0 Å². The molecule has 1 atom stereocenters. The van der Waals surface area contributed by atoms with E-state index in [1.54, 1.807) is 29.3 Å². The second kappa shape index (κ2) is 5.79. The van der Waals surface area contributed by atoms with Crippen molar-refractivity contribution in [3.05, 3.63) is 65.9 Å². The van der Waals surface area contributed by atoms with E-state index >= 15 is 0 Å². The molecular formula is C15H13F3N4O. The Morgan fingerprint density at radius 1 is 1.39 bits per heavy atom. The molecule has 23 heavy (non-hydrogen) atoms. The van der Waals surface area contributed by atoms with Crippen LogP contribution in [0.4, 0.5) is 13.2 Å². The monoisotopic (exact) mass is 322 g/mol. The summed E-state index contributed by atoms with van der Waals surface area (Å²) in [6, 6.07) is 0.559. The number of rotatable bonds is 3. The summed E-state index contributed by atoms with van der Waals surface area (Å²) in [7, 11) is 0. The van der Waals surface area contributed by atoms with Crippen LogP contribution in [-0.2, 0) is 4.79 Å². The lowest BCUT2D eigenvalue weighted by Crippen LogP contribution is -2.40. The predicted octanol–water partition coefficient (Wildman–Crippen LogP) is 1.96. The third kappa shape index (κ3) is 3.05. The van der Waals surface area contributed by atoms with Gasteiger partial charge in [0.25, 0.3) is 5.91 Å². The highest BCUT2D eigenvalue weighted by Crippen LogP contribution is 2.32. The van der Waals surface area contributed by atoms with Crippen LogP contribution in [0.25, 0.3) is 0 Å². The molecule has 0 aliphatic carbocycles. The number of pyridine rings is 1. The summed E-state index contributed by atoms with van der Waals surface area (Å²) in [5.74, 6) is -0.811. The Kier molecular flexibility index (Phi) is 3.81. The Labute approximate surface area is 130 Å². The minimum absolute atomic E-state index is 0.115. The van der Waals surface area contributed by atoms with Crippen molar-refractivity contribution < 1.29 is 18.0 Å². The molecule has 2 aliphatic heterocycles. The standard InChI is InChI=1S/C15H13F3N4O/c16-15(17,18)13(10-4-3-6-19-8-10)21-14(23)12-11-5-1-2-7-22(11)9-20-12/h1-8,13,20H,9H2,(H,21,23). The lowest BCUT2D eigenvalue weighted by molar-refractivity contribution is -0.162. The summed E-state index contributed by atoms with van der Waals surface area (Å²) < 4.78 is 39.8. The van der Waals surface area contributed by atoms with Gasteiger partial charge in [-0.2, -0.15) is 13.2 Å². The number of hydrogen-bond donors (Lipinski definition) is 2. The van der Waals surface area contributed by atoms with E-state index in [2.05, 4.69) is 10.3 Å². The molecule has 8 heteroatoms. The Hall–Kier alpha value is -2.77.